The highest BCUT2D eigenvalue weighted by atomic mass is 79.9. The monoisotopic (exact) mass is 438 g/mol. The van der Waals surface area contributed by atoms with Crippen LogP contribution in [0.1, 0.15) is 0 Å². The lowest BCUT2D eigenvalue weighted by molar-refractivity contribution is 0.384. The Labute approximate surface area is 158 Å². The maximum absolute atomic E-state index is 12.8. The van der Waals surface area contributed by atoms with Gasteiger partial charge in [-0.2, -0.15) is 4.31 Å². The number of piperazine rings is 1. The number of sulfonamides is 1. The third-order valence-corrected chi connectivity index (χ3v) is 7.48. The van der Waals surface area contributed by atoms with E-state index in [-0.39, 0.29) is 0 Å². The van der Waals surface area contributed by atoms with E-state index in [1.54, 1.807) is 35.9 Å². The summed E-state index contributed by atoms with van der Waals surface area (Å²) in [6, 6.07) is 8.80. The average Bonchev–Trinajstić information content (AvgIpc) is 3.10. The van der Waals surface area contributed by atoms with Crippen molar-refractivity contribution in [2.45, 2.75) is 4.90 Å². The summed E-state index contributed by atoms with van der Waals surface area (Å²) in [5, 5.41) is 2.00. The second-order valence-corrected chi connectivity index (χ2v) is 9.45. The van der Waals surface area contributed by atoms with Crippen LogP contribution in [0, 0.1) is 0 Å². The van der Waals surface area contributed by atoms with Crippen molar-refractivity contribution in [2.24, 2.45) is 0 Å². The maximum atomic E-state index is 12.8. The lowest BCUT2D eigenvalue weighted by Gasteiger charge is -2.34. The summed E-state index contributed by atoms with van der Waals surface area (Å²) in [6.07, 6.45) is 1.56. The molecule has 3 heterocycles. The first-order valence-electron chi connectivity index (χ1n) is 7.74. The molecule has 0 radical (unpaired) electrons. The van der Waals surface area contributed by atoms with E-state index >= 15 is 0 Å². The molecule has 1 aliphatic rings. The molecule has 0 amide bonds. The van der Waals surface area contributed by atoms with Crippen molar-refractivity contribution >= 4 is 53.3 Å². The molecule has 0 unspecified atom stereocenters. The van der Waals surface area contributed by atoms with E-state index in [4.69, 9.17) is 0 Å². The maximum Gasteiger partial charge on any atom is 0.243 e. The summed E-state index contributed by atoms with van der Waals surface area (Å²) in [5.41, 5.74) is 0.930. The van der Waals surface area contributed by atoms with Gasteiger partial charge in [0, 0.05) is 30.7 Å². The molecule has 0 atom stereocenters. The lowest BCUT2D eigenvalue weighted by Crippen LogP contribution is -2.48. The second-order valence-electron chi connectivity index (χ2n) is 5.68. The molecule has 0 N–H and O–H groups in total. The molecule has 2 aromatic heterocycles. The van der Waals surface area contributed by atoms with Crippen LogP contribution in [0.4, 0.5) is 5.82 Å². The number of hydrogen-bond acceptors (Lipinski definition) is 6. The summed E-state index contributed by atoms with van der Waals surface area (Å²) >= 11 is 4.94. The molecule has 1 saturated heterocycles. The fourth-order valence-electron chi connectivity index (χ4n) is 2.92. The van der Waals surface area contributed by atoms with Gasteiger partial charge >= 0.3 is 0 Å². The Kier molecular flexibility index (Phi) is 4.48. The summed E-state index contributed by atoms with van der Waals surface area (Å²) in [7, 11) is -3.48. The van der Waals surface area contributed by atoms with Gasteiger partial charge in [-0.05, 0) is 29.6 Å². The Bertz CT molecular complexity index is 1010. The summed E-state index contributed by atoms with van der Waals surface area (Å²) in [6.45, 7) is 2.09. The van der Waals surface area contributed by atoms with Gasteiger partial charge in [0.1, 0.15) is 12.1 Å². The lowest BCUT2D eigenvalue weighted by atomic mass is 10.3. The minimum atomic E-state index is -3.48. The van der Waals surface area contributed by atoms with Gasteiger partial charge in [-0.1, -0.05) is 22.0 Å². The Hall–Kier alpha value is -1.55. The molecule has 0 bridgehead atoms. The number of hydrogen-bond donors (Lipinski definition) is 0. The highest BCUT2D eigenvalue weighted by Gasteiger charge is 2.29. The molecule has 0 aliphatic carbocycles. The van der Waals surface area contributed by atoms with Crippen LogP contribution >= 0.6 is 27.3 Å². The number of fused-ring (bicyclic) bond motifs is 1. The van der Waals surface area contributed by atoms with Crippen molar-refractivity contribution in [3.05, 3.63) is 46.5 Å². The van der Waals surface area contributed by atoms with Gasteiger partial charge in [0.25, 0.3) is 0 Å². The number of thiophene rings is 1. The van der Waals surface area contributed by atoms with E-state index in [1.165, 1.54) is 4.31 Å². The van der Waals surface area contributed by atoms with Crippen molar-refractivity contribution in [3.8, 4) is 0 Å². The number of nitrogens with zero attached hydrogens (tertiary/aromatic N) is 4. The van der Waals surface area contributed by atoms with Gasteiger partial charge in [0.05, 0.1) is 15.1 Å². The van der Waals surface area contributed by atoms with Gasteiger partial charge < -0.3 is 4.90 Å². The Morgan fingerprint density at radius 1 is 1.08 bits per heavy atom. The van der Waals surface area contributed by atoms with Gasteiger partial charge in [0.2, 0.25) is 10.0 Å². The van der Waals surface area contributed by atoms with Crippen LogP contribution in [-0.4, -0.2) is 48.9 Å². The first-order chi connectivity index (χ1) is 12.1. The van der Waals surface area contributed by atoms with Crippen molar-refractivity contribution in [1.82, 2.24) is 14.3 Å². The van der Waals surface area contributed by atoms with Gasteiger partial charge in [-0.3, -0.25) is 0 Å². The third kappa shape index (κ3) is 3.17. The van der Waals surface area contributed by atoms with E-state index < -0.39 is 10.0 Å². The van der Waals surface area contributed by atoms with Gasteiger partial charge in [-0.15, -0.1) is 11.3 Å². The first kappa shape index (κ1) is 16.9. The highest BCUT2D eigenvalue weighted by Crippen LogP contribution is 2.29. The molecule has 130 valence electrons. The number of aromatic nitrogens is 2. The SMILES string of the molecule is O=S(=O)(c1cccc(Br)c1)N1CCN(c2ncnc3ccsc23)CC1. The average molecular weight is 439 g/mol. The molecule has 3 aromatic rings. The van der Waals surface area contributed by atoms with Crippen molar-refractivity contribution < 1.29 is 8.42 Å². The molecule has 1 fully saturated rings. The summed E-state index contributed by atoms with van der Waals surface area (Å²) in [4.78, 5) is 11.1. The largest absolute Gasteiger partial charge is 0.353 e. The molecule has 9 heteroatoms. The van der Waals surface area contributed by atoms with E-state index in [2.05, 4.69) is 30.8 Å². The van der Waals surface area contributed by atoms with E-state index in [0.717, 1.165) is 20.5 Å². The van der Waals surface area contributed by atoms with Crippen molar-refractivity contribution in [2.75, 3.05) is 31.1 Å². The second kappa shape index (κ2) is 6.64. The fourth-order valence-corrected chi connectivity index (χ4v) is 5.80. The Morgan fingerprint density at radius 2 is 1.88 bits per heavy atom. The summed E-state index contributed by atoms with van der Waals surface area (Å²) in [5.74, 6) is 0.888. The first-order valence-corrected chi connectivity index (χ1v) is 10.9. The molecular formula is C16H15BrN4O2S2. The quantitative estimate of drug-likeness (QED) is 0.628. The predicted octanol–water partition coefficient (Wildman–Crippen LogP) is 2.96. The Balaban J connectivity index is 1.54. The minimum Gasteiger partial charge on any atom is -0.353 e. The molecular weight excluding hydrogens is 424 g/mol. The molecule has 0 spiro atoms. The molecule has 0 saturated carbocycles. The van der Waals surface area contributed by atoms with E-state index in [0.29, 0.717) is 31.1 Å². The van der Waals surface area contributed by atoms with Crippen LogP contribution < -0.4 is 4.90 Å². The van der Waals surface area contributed by atoms with Crippen LogP contribution in [0.15, 0.2) is 51.4 Å². The number of benzene rings is 1. The molecule has 6 nitrogen and oxygen atoms in total. The molecule has 1 aromatic carbocycles. The zero-order valence-electron chi connectivity index (χ0n) is 13.2. The fraction of sp³-hybridized carbons (Fsp3) is 0.250. The predicted molar refractivity (Wildman–Crippen MR) is 103 cm³/mol. The minimum absolute atomic E-state index is 0.318. The van der Waals surface area contributed by atoms with Gasteiger partial charge in [-0.25, -0.2) is 18.4 Å². The third-order valence-electron chi connectivity index (χ3n) is 4.20. The number of halogens is 1. The number of anilines is 1. The molecule has 1 aliphatic heterocycles. The van der Waals surface area contributed by atoms with Gasteiger partial charge in [0.15, 0.2) is 0 Å². The Morgan fingerprint density at radius 3 is 2.64 bits per heavy atom. The summed E-state index contributed by atoms with van der Waals surface area (Å²) < 4.78 is 29.0. The zero-order chi connectivity index (χ0) is 17.4. The van der Waals surface area contributed by atoms with Crippen LogP contribution in [0.25, 0.3) is 10.2 Å². The zero-order valence-corrected chi connectivity index (χ0v) is 16.4. The topological polar surface area (TPSA) is 66.4 Å². The number of rotatable bonds is 3. The van der Waals surface area contributed by atoms with Crippen LogP contribution in [0.2, 0.25) is 0 Å². The molecule has 25 heavy (non-hydrogen) atoms. The van der Waals surface area contributed by atoms with Crippen LogP contribution in [-0.2, 0) is 10.0 Å². The van der Waals surface area contributed by atoms with E-state index in [1.807, 2.05) is 17.5 Å². The normalized spacial score (nSPS) is 16.4. The van der Waals surface area contributed by atoms with Crippen LogP contribution in [0.3, 0.4) is 0 Å². The van der Waals surface area contributed by atoms with Crippen molar-refractivity contribution in [3.63, 3.8) is 0 Å². The standard InChI is InChI=1S/C16H15BrN4O2S2/c17-12-2-1-3-13(10-12)25(22,23)21-7-5-20(6-8-21)16-15-14(4-9-24-15)18-11-19-16/h1-4,9-11H,5-8H2. The van der Waals surface area contributed by atoms with E-state index in [9.17, 15) is 8.42 Å². The highest BCUT2D eigenvalue weighted by molar-refractivity contribution is 9.10. The van der Waals surface area contributed by atoms with Crippen LogP contribution in [0.5, 0.6) is 0 Å². The molecule has 4 rings (SSSR count). The smallest absolute Gasteiger partial charge is 0.243 e. The van der Waals surface area contributed by atoms with Crippen molar-refractivity contribution in [1.29, 1.82) is 0 Å².